The van der Waals surface area contributed by atoms with E-state index in [1.165, 1.54) is 5.69 Å². The molecule has 0 saturated carbocycles. The van der Waals surface area contributed by atoms with Gasteiger partial charge in [-0.1, -0.05) is 0 Å². The van der Waals surface area contributed by atoms with Crippen LogP contribution >= 0.6 is 0 Å². The number of rotatable bonds is 6. The molecule has 0 aliphatic carbocycles. The molecule has 1 unspecified atom stereocenters. The monoisotopic (exact) mass is 358 g/mol. The number of nitrogens with one attached hydrogen (secondary N) is 2. The summed E-state index contributed by atoms with van der Waals surface area (Å²) in [6, 6.07) is 4.18. The van der Waals surface area contributed by atoms with E-state index in [0.717, 1.165) is 57.1 Å². The third-order valence-corrected chi connectivity index (χ3v) is 5.26. The predicted molar refractivity (Wildman–Crippen MR) is 98.6 cm³/mol. The Balaban J connectivity index is 1.50. The summed E-state index contributed by atoms with van der Waals surface area (Å²) in [7, 11) is 0. The SMILES string of the molecule is OCCNc1nc(C2CCOC2)cc(N2CCC(c3ccn[nH]3)CC2)n1. The standard InChI is InChI=1S/C18H26N6O2/c25-9-6-19-18-21-16(14-4-10-26-12-14)11-17(22-18)24-7-2-13(3-8-24)15-1-5-20-23-15/h1,5,11,13-14,25H,2-4,6-10,12H2,(H,20,23)(H,19,21,22). The summed E-state index contributed by atoms with van der Waals surface area (Å²) in [6.45, 7) is 3.94. The van der Waals surface area contributed by atoms with Crippen LogP contribution < -0.4 is 10.2 Å². The summed E-state index contributed by atoms with van der Waals surface area (Å²) < 4.78 is 5.53. The molecular formula is C18H26N6O2. The van der Waals surface area contributed by atoms with Crippen LogP contribution in [0.15, 0.2) is 18.3 Å². The average Bonchev–Trinajstić information content (AvgIpc) is 3.40. The molecule has 2 aromatic rings. The highest BCUT2D eigenvalue weighted by Gasteiger charge is 2.25. The number of aromatic nitrogens is 4. The molecule has 4 heterocycles. The Morgan fingerprint density at radius 2 is 2.12 bits per heavy atom. The van der Waals surface area contributed by atoms with Crippen LogP contribution in [0, 0.1) is 0 Å². The predicted octanol–water partition coefficient (Wildman–Crippen LogP) is 1.49. The van der Waals surface area contributed by atoms with Crippen LogP contribution in [-0.2, 0) is 4.74 Å². The third kappa shape index (κ3) is 3.81. The first-order chi connectivity index (χ1) is 12.8. The number of anilines is 2. The van der Waals surface area contributed by atoms with E-state index in [1.807, 2.05) is 6.20 Å². The van der Waals surface area contributed by atoms with E-state index in [2.05, 4.69) is 42.5 Å². The molecule has 140 valence electrons. The maximum atomic E-state index is 9.09. The lowest BCUT2D eigenvalue weighted by Gasteiger charge is -2.32. The summed E-state index contributed by atoms with van der Waals surface area (Å²) >= 11 is 0. The van der Waals surface area contributed by atoms with E-state index in [1.54, 1.807) is 0 Å². The number of nitrogens with zero attached hydrogens (tertiary/aromatic N) is 4. The van der Waals surface area contributed by atoms with Crippen LogP contribution in [-0.4, -0.2) is 64.7 Å². The van der Waals surface area contributed by atoms with Gasteiger partial charge in [-0.05, 0) is 25.3 Å². The van der Waals surface area contributed by atoms with Gasteiger partial charge in [-0.25, -0.2) is 4.98 Å². The number of aromatic amines is 1. The van der Waals surface area contributed by atoms with Crippen molar-refractivity contribution in [3.63, 3.8) is 0 Å². The lowest BCUT2D eigenvalue weighted by atomic mass is 9.93. The van der Waals surface area contributed by atoms with E-state index in [-0.39, 0.29) is 6.61 Å². The Hall–Kier alpha value is -2.19. The number of ether oxygens (including phenoxy) is 1. The van der Waals surface area contributed by atoms with Crippen molar-refractivity contribution in [1.29, 1.82) is 0 Å². The van der Waals surface area contributed by atoms with Gasteiger partial charge in [0, 0.05) is 56.0 Å². The summed E-state index contributed by atoms with van der Waals surface area (Å²) in [4.78, 5) is 11.7. The van der Waals surface area contributed by atoms with Gasteiger partial charge in [0.2, 0.25) is 5.95 Å². The van der Waals surface area contributed by atoms with E-state index < -0.39 is 0 Å². The van der Waals surface area contributed by atoms with Gasteiger partial charge >= 0.3 is 0 Å². The fourth-order valence-electron chi connectivity index (χ4n) is 3.75. The van der Waals surface area contributed by atoms with Crippen LogP contribution in [0.3, 0.4) is 0 Å². The summed E-state index contributed by atoms with van der Waals surface area (Å²) in [5.74, 6) is 2.42. The Bertz CT molecular complexity index is 694. The first-order valence-corrected chi connectivity index (χ1v) is 9.39. The molecule has 0 spiro atoms. The summed E-state index contributed by atoms with van der Waals surface area (Å²) in [5.41, 5.74) is 2.25. The fraction of sp³-hybridized carbons (Fsp3) is 0.611. The van der Waals surface area contributed by atoms with Crippen molar-refractivity contribution < 1.29 is 9.84 Å². The molecule has 0 radical (unpaired) electrons. The highest BCUT2D eigenvalue weighted by atomic mass is 16.5. The lowest BCUT2D eigenvalue weighted by molar-refractivity contribution is 0.193. The second-order valence-electron chi connectivity index (χ2n) is 6.96. The van der Waals surface area contributed by atoms with Crippen LogP contribution in [0.2, 0.25) is 0 Å². The topological polar surface area (TPSA) is 99.2 Å². The molecule has 2 aliphatic rings. The average molecular weight is 358 g/mol. The Morgan fingerprint density at radius 3 is 2.81 bits per heavy atom. The molecule has 1 atom stereocenters. The van der Waals surface area contributed by atoms with Gasteiger partial charge in [-0.15, -0.1) is 0 Å². The number of hydrogen-bond donors (Lipinski definition) is 3. The number of aliphatic hydroxyl groups excluding tert-OH is 1. The van der Waals surface area contributed by atoms with Crippen LogP contribution in [0.1, 0.15) is 42.5 Å². The molecular weight excluding hydrogens is 332 g/mol. The Kier molecular flexibility index (Phi) is 5.31. The number of piperidine rings is 1. The van der Waals surface area contributed by atoms with Crippen molar-refractivity contribution in [2.45, 2.75) is 31.1 Å². The zero-order chi connectivity index (χ0) is 17.8. The lowest BCUT2D eigenvalue weighted by Crippen LogP contribution is -2.34. The van der Waals surface area contributed by atoms with Crippen LogP contribution in [0.25, 0.3) is 0 Å². The minimum absolute atomic E-state index is 0.0606. The molecule has 4 rings (SSSR count). The molecule has 0 amide bonds. The minimum Gasteiger partial charge on any atom is -0.395 e. The molecule has 8 heteroatoms. The molecule has 26 heavy (non-hydrogen) atoms. The molecule has 2 fully saturated rings. The van der Waals surface area contributed by atoms with Gasteiger partial charge in [0.25, 0.3) is 0 Å². The van der Waals surface area contributed by atoms with E-state index in [0.29, 0.717) is 24.3 Å². The summed E-state index contributed by atoms with van der Waals surface area (Å²) in [6.07, 6.45) is 4.97. The largest absolute Gasteiger partial charge is 0.395 e. The van der Waals surface area contributed by atoms with Gasteiger partial charge in [-0.3, -0.25) is 5.10 Å². The van der Waals surface area contributed by atoms with Crippen molar-refractivity contribution in [2.24, 2.45) is 0 Å². The van der Waals surface area contributed by atoms with E-state index >= 15 is 0 Å². The maximum absolute atomic E-state index is 9.09. The minimum atomic E-state index is 0.0606. The van der Waals surface area contributed by atoms with Gasteiger partial charge in [-0.2, -0.15) is 10.1 Å². The fourth-order valence-corrected chi connectivity index (χ4v) is 3.75. The highest BCUT2D eigenvalue weighted by Crippen LogP contribution is 2.31. The quantitative estimate of drug-likeness (QED) is 0.719. The molecule has 3 N–H and O–H groups in total. The van der Waals surface area contributed by atoms with Gasteiger partial charge < -0.3 is 20.1 Å². The highest BCUT2D eigenvalue weighted by molar-refractivity contribution is 5.46. The van der Waals surface area contributed by atoms with E-state index in [9.17, 15) is 0 Å². The first kappa shape index (κ1) is 17.2. The smallest absolute Gasteiger partial charge is 0.224 e. The number of hydrogen-bond acceptors (Lipinski definition) is 7. The van der Waals surface area contributed by atoms with Crippen molar-refractivity contribution in [2.75, 3.05) is 49.7 Å². The van der Waals surface area contributed by atoms with Gasteiger partial charge in [0.15, 0.2) is 0 Å². The molecule has 0 aromatic carbocycles. The normalized spacial score (nSPS) is 21.3. The van der Waals surface area contributed by atoms with Gasteiger partial charge in [0.1, 0.15) is 5.82 Å². The Labute approximate surface area is 153 Å². The van der Waals surface area contributed by atoms with E-state index in [4.69, 9.17) is 9.84 Å². The van der Waals surface area contributed by atoms with Crippen LogP contribution in [0.5, 0.6) is 0 Å². The summed E-state index contributed by atoms with van der Waals surface area (Å²) in [5, 5.41) is 19.4. The molecule has 2 aliphatic heterocycles. The molecule has 2 aromatic heterocycles. The van der Waals surface area contributed by atoms with Crippen molar-refractivity contribution >= 4 is 11.8 Å². The second kappa shape index (κ2) is 8.01. The van der Waals surface area contributed by atoms with Crippen LogP contribution in [0.4, 0.5) is 11.8 Å². The van der Waals surface area contributed by atoms with Crippen molar-refractivity contribution in [3.05, 3.63) is 29.7 Å². The number of H-pyrrole nitrogens is 1. The third-order valence-electron chi connectivity index (χ3n) is 5.26. The Morgan fingerprint density at radius 1 is 1.23 bits per heavy atom. The molecule has 2 saturated heterocycles. The maximum Gasteiger partial charge on any atom is 0.224 e. The molecule has 0 bridgehead atoms. The zero-order valence-corrected chi connectivity index (χ0v) is 14.9. The second-order valence-corrected chi connectivity index (χ2v) is 6.96. The number of aliphatic hydroxyl groups is 1. The van der Waals surface area contributed by atoms with Crippen molar-refractivity contribution in [1.82, 2.24) is 20.2 Å². The van der Waals surface area contributed by atoms with Gasteiger partial charge in [0.05, 0.1) is 18.9 Å². The zero-order valence-electron chi connectivity index (χ0n) is 14.9. The first-order valence-electron chi connectivity index (χ1n) is 9.39. The molecule has 8 nitrogen and oxygen atoms in total. The van der Waals surface area contributed by atoms with Crippen molar-refractivity contribution in [3.8, 4) is 0 Å².